The summed E-state index contributed by atoms with van der Waals surface area (Å²) in [6, 6.07) is 10.3. The predicted octanol–water partition coefficient (Wildman–Crippen LogP) is -0.572. The van der Waals surface area contributed by atoms with E-state index < -0.39 is 0 Å². The van der Waals surface area contributed by atoms with Gasteiger partial charge >= 0.3 is 0 Å². The molecule has 1 amide bonds. The van der Waals surface area contributed by atoms with Crippen molar-refractivity contribution in [3.63, 3.8) is 0 Å². The second-order valence-electron chi connectivity index (χ2n) is 4.95. The number of hydrogen-bond donors (Lipinski definition) is 2. The highest BCUT2D eigenvalue weighted by Gasteiger charge is 2.24. The van der Waals surface area contributed by atoms with E-state index in [4.69, 9.17) is 5.73 Å². The molecule has 1 saturated heterocycles. The van der Waals surface area contributed by atoms with E-state index in [2.05, 4.69) is 33.0 Å². The number of tetrazole rings is 1. The first-order chi connectivity index (χ1) is 10.2. The summed E-state index contributed by atoms with van der Waals surface area (Å²) < 4.78 is 1.31. The second kappa shape index (κ2) is 5.88. The Balaban J connectivity index is 1.66. The van der Waals surface area contributed by atoms with Crippen LogP contribution >= 0.6 is 0 Å². The first kappa shape index (κ1) is 13.5. The van der Waals surface area contributed by atoms with Crippen LogP contribution in [0.3, 0.4) is 0 Å². The zero-order valence-electron chi connectivity index (χ0n) is 11.5. The van der Waals surface area contributed by atoms with Gasteiger partial charge in [-0.25, -0.2) is 4.68 Å². The van der Waals surface area contributed by atoms with Crippen molar-refractivity contribution in [1.29, 1.82) is 0 Å². The fourth-order valence-corrected chi connectivity index (χ4v) is 2.44. The molecule has 1 atom stereocenters. The minimum atomic E-state index is -0.0311. The summed E-state index contributed by atoms with van der Waals surface area (Å²) in [5.41, 5.74) is 6.76. The number of nitrogens with zero attached hydrogens (tertiary/aromatic N) is 5. The van der Waals surface area contributed by atoms with Crippen molar-refractivity contribution in [2.75, 3.05) is 25.4 Å². The van der Waals surface area contributed by atoms with Crippen LogP contribution in [-0.2, 0) is 11.3 Å². The molecule has 0 aliphatic carbocycles. The number of benzene rings is 1. The molecule has 0 bridgehead atoms. The Morgan fingerprint density at radius 2 is 2.19 bits per heavy atom. The van der Waals surface area contributed by atoms with E-state index >= 15 is 0 Å². The van der Waals surface area contributed by atoms with E-state index in [9.17, 15) is 4.79 Å². The molecule has 1 aromatic carbocycles. The van der Waals surface area contributed by atoms with Crippen LogP contribution < -0.4 is 11.1 Å². The van der Waals surface area contributed by atoms with Gasteiger partial charge in [-0.05, 0) is 16.0 Å². The highest BCUT2D eigenvalue weighted by Crippen LogP contribution is 2.17. The average molecular weight is 287 g/mol. The van der Waals surface area contributed by atoms with E-state index in [0.29, 0.717) is 13.1 Å². The maximum atomic E-state index is 12.3. The number of amides is 1. The van der Waals surface area contributed by atoms with Crippen molar-refractivity contribution in [2.45, 2.75) is 12.6 Å². The molecule has 110 valence electrons. The van der Waals surface area contributed by atoms with Crippen LogP contribution in [0.1, 0.15) is 11.6 Å². The van der Waals surface area contributed by atoms with Gasteiger partial charge in [-0.3, -0.25) is 4.79 Å². The summed E-state index contributed by atoms with van der Waals surface area (Å²) in [5, 5.41) is 14.1. The van der Waals surface area contributed by atoms with Gasteiger partial charge in [-0.1, -0.05) is 35.4 Å². The summed E-state index contributed by atoms with van der Waals surface area (Å²) in [5.74, 6) is 0.120. The Morgan fingerprint density at radius 3 is 2.90 bits per heavy atom. The summed E-state index contributed by atoms with van der Waals surface area (Å²) >= 11 is 0. The van der Waals surface area contributed by atoms with Gasteiger partial charge in [-0.15, -0.1) is 0 Å². The molecule has 1 aromatic heterocycles. The van der Waals surface area contributed by atoms with Gasteiger partial charge in [0.05, 0.1) is 0 Å². The molecule has 2 heterocycles. The molecular formula is C13H17N7O. The van der Waals surface area contributed by atoms with Gasteiger partial charge in [0.15, 0.2) is 0 Å². The van der Waals surface area contributed by atoms with E-state index in [1.54, 1.807) is 0 Å². The SMILES string of the molecule is Nc1nnnn1CC(=O)N1CCNC(c2ccccc2)C1. The Labute approximate surface area is 121 Å². The third kappa shape index (κ3) is 3.00. The molecule has 1 aliphatic heterocycles. The fourth-order valence-electron chi connectivity index (χ4n) is 2.44. The van der Waals surface area contributed by atoms with Crippen molar-refractivity contribution in [3.05, 3.63) is 35.9 Å². The van der Waals surface area contributed by atoms with Crippen molar-refractivity contribution in [3.8, 4) is 0 Å². The predicted molar refractivity (Wildman–Crippen MR) is 76.0 cm³/mol. The smallest absolute Gasteiger partial charge is 0.244 e. The lowest BCUT2D eigenvalue weighted by Crippen LogP contribution is -2.49. The van der Waals surface area contributed by atoms with Crippen molar-refractivity contribution in [1.82, 2.24) is 30.4 Å². The monoisotopic (exact) mass is 287 g/mol. The minimum Gasteiger partial charge on any atom is -0.367 e. The maximum Gasteiger partial charge on any atom is 0.244 e. The highest BCUT2D eigenvalue weighted by atomic mass is 16.2. The Morgan fingerprint density at radius 1 is 1.38 bits per heavy atom. The van der Waals surface area contributed by atoms with Crippen molar-refractivity contribution < 1.29 is 4.79 Å². The molecule has 0 radical (unpaired) electrons. The van der Waals surface area contributed by atoms with Gasteiger partial charge in [0.2, 0.25) is 11.9 Å². The molecular weight excluding hydrogens is 270 g/mol. The number of nitrogens with two attached hydrogens (primary N) is 1. The number of carbonyl (C=O) groups is 1. The third-order valence-electron chi connectivity index (χ3n) is 3.57. The molecule has 1 unspecified atom stereocenters. The molecule has 2 aromatic rings. The summed E-state index contributed by atoms with van der Waals surface area (Å²) in [6.07, 6.45) is 0. The number of nitrogen functional groups attached to an aromatic ring is 1. The van der Waals surface area contributed by atoms with Crippen LogP contribution in [0.15, 0.2) is 30.3 Å². The number of rotatable bonds is 3. The highest BCUT2D eigenvalue weighted by molar-refractivity contribution is 5.76. The second-order valence-corrected chi connectivity index (χ2v) is 4.95. The largest absolute Gasteiger partial charge is 0.367 e. The fraction of sp³-hybridized carbons (Fsp3) is 0.385. The van der Waals surface area contributed by atoms with E-state index in [-0.39, 0.29) is 24.4 Å². The topological polar surface area (TPSA) is 102 Å². The van der Waals surface area contributed by atoms with Crippen LogP contribution in [0.4, 0.5) is 5.95 Å². The quantitative estimate of drug-likeness (QED) is 0.783. The van der Waals surface area contributed by atoms with Gasteiger partial charge in [0.1, 0.15) is 6.54 Å². The third-order valence-corrected chi connectivity index (χ3v) is 3.57. The summed E-state index contributed by atoms with van der Waals surface area (Å²) in [6.45, 7) is 2.13. The molecule has 8 nitrogen and oxygen atoms in total. The Hall–Kier alpha value is -2.48. The van der Waals surface area contributed by atoms with Crippen LogP contribution in [0.25, 0.3) is 0 Å². The average Bonchev–Trinajstić information content (AvgIpc) is 2.93. The molecule has 8 heteroatoms. The number of hydrogen-bond acceptors (Lipinski definition) is 6. The number of nitrogens with one attached hydrogen (secondary N) is 1. The lowest BCUT2D eigenvalue weighted by atomic mass is 10.0. The summed E-state index contributed by atoms with van der Waals surface area (Å²) in [7, 11) is 0. The van der Waals surface area contributed by atoms with Crippen LogP contribution in [0, 0.1) is 0 Å². The molecule has 3 N–H and O–H groups in total. The number of anilines is 1. The summed E-state index contributed by atoms with van der Waals surface area (Å²) in [4.78, 5) is 14.1. The maximum absolute atomic E-state index is 12.3. The first-order valence-corrected chi connectivity index (χ1v) is 6.82. The lowest BCUT2D eigenvalue weighted by Gasteiger charge is -2.34. The van der Waals surface area contributed by atoms with Gasteiger partial charge in [0, 0.05) is 25.7 Å². The first-order valence-electron chi connectivity index (χ1n) is 6.82. The van der Waals surface area contributed by atoms with E-state index in [0.717, 1.165) is 6.54 Å². The minimum absolute atomic E-state index is 0.0311. The molecule has 21 heavy (non-hydrogen) atoms. The molecule has 0 spiro atoms. The van der Waals surface area contributed by atoms with Crippen LogP contribution in [0.2, 0.25) is 0 Å². The van der Waals surface area contributed by atoms with E-state index in [1.807, 2.05) is 23.1 Å². The van der Waals surface area contributed by atoms with Gasteiger partial charge < -0.3 is 16.0 Å². The zero-order valence-corrected chi connectivity index (χ0v) is 11.5. The zero-order chi connectivity index (χ0) is 14.7. The molecule has 3 rings (SSSR count). The van der Waals surface area contributed by atoms with E-state index in [1.165, 1.54) is 10.2 Å². The molecule has 1 aliphatic rings. The Bertz CT molecular complexity index is 612. The normalized spacial score (nSPS) is 18.7. The van der Waals surface area contributed by atoms with Crippen molar-refractivity contribution >= 4 is 11.9 Å². The van der Waals surface area contributed by atoms with Gasteiger partial charge in [0.25, 0.3) is 0 Å². The number of aromatic nitrogens is 4. The van der Waals surface area contributed by atoms with Crippen molar-refractivity contribution in [2.24, 2.45) is 0 Å². The van der Waals surface area contributed by atoms with Gasteiger partial charge in [-0.2, -0.15) is 0 Å². The lowest BCUT2D eigenvalue weighted by molar-refractivity contribution is -0.133. The standard InChI is InChI=1S/C13H17N7O/c14-13-16-17-18-20(13)9-12(21)19-7-6-15-11(8-19)10-4-2-1-3-5-10/h1-5,11,15H,6-9H2,(H2,14,16,18). The van der Waals surface area contributed by atoms with Crippen LogP contribution in [0.5, 0.6) is 0 Å². The Kier molecular flexibility index (Phi) is 3.78. The number of carbonyl (C=O) groups excluding carboxylic acids is 1. The van der Waals surface area contributed by atoms with Crippen LogP contribution in [-0.4, -0.2) is 50.6 Å². The number of piperazine rings is 1. The molecule has 1 fully saturated rings. The molecule has 0 saturated carbocycles.